The first-order valence-corrected chi connectivity index (χ1v) is 3.07. The molecule has 3 N–H and O–H groups in total. The second-order valence-corrected chi connectivity index (χ2v) is 2.77. The molecule has 0 heterocycles. The van der Waals surface area contributed by atoms with Crippen LogP contribution in [0.15, 0.2) is 0 Å². The van der Waals surface area contributed by atoms with Crippen LogP contribution in [0.5, 0.6) is 0 Å². The lowest BCUT2D eigenvalue weighted by Gasteiger charge is -2.16. The molecule has 0 aliphatic rings. The number of halogens is 1. The van der Waals surface area contributed by atoms with Crippen molar-refractivity contribution in [3.05, 3.63) is 0 Å². The topological polar surface area (TPSA) is 63.3 Å². The lowest BCUT2D eigenvalue weighted by atomic mass is 10.0. The quantitative estimate of drug-likeness (QED) is 0.582. The largest absolute Gasteiger partial charge is 0.478 e. The molecule has 0 saturated heterocycles. The summed E-state index contributed by atoms with van der Waals surface area (Å²) in [5.74, 6) is -4.21. The fourth-order valence-electron chi connectivity index (χ4n) is 0.681. The zero-order chi connectivity index (χ0) is 8.36. The molecule has 0 aromatic carbocycles. The summed E-state index contributed by atoms with van der Waals surface area (Å²) < 4.78 is 12.6. The van der Waals surface area contributed by atoms with Crippen LogP contribution in [-0.4, -0.2) is 16.9 Å². The lowest BCUT2D eigenvalue weighted by Crippen LogP contribution is -2.44. The molecule has 4 heteroatoms. The van der Waals surface area contributed by atoms with Gasteiger partial charge in [-0.25, -0.2) is 9.18 Å². The Balaban J connectivity index is 4.00. The normalized spacial score (nSPS) is 16.9. The summed E-state index contributed by atoms with van der Waals surface area (Å²) in [6.07, 6.45) is -0.150. The number of rotatable bonds is 3. The number of carbonyl (C=O) groups is 1. The van der Waals surface area contributed by atoms with Crippen LogP contribution in [0, 0.1) is 5.92 Å². The molecule has 0 bridgehead atoms. The fraction of sp³-hybridized carbons (Fsp3) is 0.833. The minimum absolute atomic E-state index is 0.0499. The van der Waals surface area contributed by atoms with Crippen molar-refractivity contribution < 1.29 is 14.3 Å². The van der Waals surface area contributed by atoms with Gasteiger partial charge in [0.1, 0.15) is 0 Å². The number of alkyl halides is 1. The molecule has 10 heavy (non-hydrogen) atoms. The average molecular weight is 149 g/mol. The van der Waals surface area contributed by atoms with Crippen LogP contribution in [0.4, 0.5) is 4.39 Å². The predicted octanol–water partition coefficient (Wildman–Crippen LogP) is 0.742. The van der Waals surface area contributed by atoms with Crippen LogP contribution in [-0.2, 0) is 4.79 Å². The first-order chi connectivity index (χ1) is 4.36. The summed E-state index contributed by atoms with van der Waals surface area (Å²) in [7, 11) is 0. The number of hydrogen-bond donors (Lipinski definition) is 2. The van der Waals surface area contributed by atoms with Gasteiger partial charge >= 0.3 is 5.97 Å². The Bertz CT molecular complexity index is 134. The molecule has 0 aromatic rings. The summed E-state index contributed by atoms with van der Waals surface area (Å²) >= 11 is 0. The smallest absolute Gasteiger partial charge is 0.356 e. The zero-order valence-electron chi connectivity index (χ0n) is 6.10. The highest BCUT2D eigenvalue weighted by atomic mass is 19.1. The first kappa shape index (κ1) is 9.36. The maximum atomic E-state index is 12.6. The van der Waals surface area contributed by atoms with Gasteiger partial charge in [-0.05, 0) is 5.92 Å². The lowest BCUT2D eigenvalue weighted by molar-refractivity contribution is -0.151. The van der Waals surface area contributed by atoms with Crippen LogP contribution in [0.1, 0.15) is 20.3 Å². The standard InChI is InChI=1S/C6H12FNO2/c1-4(2)3-6(7,8)5(9)10/h4H,3,8H2,1-2H3,(H,9,10)/t6-/m0/s1. The third kappa shape index (κ3) is 2.77. The van der Waals surface area contributed by atoms with Gasteiger partial charge in [-0.1, -0.05) is 13.8 Å². The highest BCUT2D eigenvalue weighted by molar-refractivity contribution is 5.76. The minimum atomic E-state index is -2.56. The molecule has 0 rings (SSSR count). The molecule has 3 nitrogen and oxygen atoms in total. The van der Waals surface area contributed by atoms with Gasteiger partial charge in [0.05, 0.1) is 0 Å². The Hall–Kier alpha value is -0.640. The van der Waals surface area contributed by atoms with Crippen LogP contribution in [0.3, 0.4) is 0 Å². The molecule has 0 fully saturated rings. The van der Waals surface area contributed by atoms with Crippen molar-refractivity contribution in [1.29, 1.82) is 0 Å². The van der Waals surface area contributed by atoms with E-state index in [2.05, 4.69) is 0 Å². The van der Waals surface area contributed by atoms with Crippen molar-refractivity contribution in [2.24, 2.45) is 11.7 Å². The average Bonchev–Trinajstić information content (AvgIpc) is 1.60. The molecule has 0 aromatic heterocycles. The van der Waals surface area contributed by atoms with Crippen molar-refractivity contribution in [2.45, 2.75) is 26.1 Å². The molecule has 0 radical (unpaired) electrons. The minimum Gasteiger partial charge on any atom is -0.478 e. The summed E-state index contributed by atoms with van der Waals surface area (Å²) in [6.45, 7) is 3.42. The highest BCUT2D eigenvalue weighted by Gasteiger charge is 2.33. The molecule has 0 amide bonds. The third-order valence-electron chi connectivity index (χ3n) is 1.06. The Morgan fingerprint density at radius 3 is 2.30 bits per heavy atom. The summed E-state index contributed by atoms with van der Waals surface area (Å²) in [5.41, 5.74) is 4.79. The highest BCUT2D eigenvalue weighted by Crippen LogP contribution is 2.15. The Morgan fingerprint density at radius 2 is 2.20 bits per heavy atom. The maximum Gasteiger partial charge on any atom is 0.356 e. The fourth-order valence-corrected chi connectivity index (χ4v) is 0.681. The molecular formula is C6H12FNO2. The van der Waals surface area contributed by atoms with E-state index >= 15 is 0 Å². The van der Waals surface area contributed by atoms with Crippen LogP contribution in [0.25, 0.3) is 0 Å². The number of hydrogen-bond acceptors (Lipinski definition) is 2. The van der Waals surface area contributed by atoms with E-state index in [-0.39, 0.29) is 12.3 Å². The van der Waals surface area contributed by atoms with Gasteiger partial charge in [-0.3, -0.25) is 5.73 Å². The van der Waals surface area contributed by atoms with Crippen molar-refractivity contribution in [2.75, 3.05) is 0 Å². The van der Waals surface area contributed by atoms with Crippen molar-refractivity contribution in [3.63, 3.8) is 0 Å². The number of nitrogens with two attached hydrogens (primary N) is 1. The van der Waals surface area contributed by atoms with E-state index in [1.165, 1.54) is 0 Å². The van der Waals surface area contributed by atoms with E-state index in [4.69, 9.17) is 10.8 Å². The first-order valence-electron chi connectivity index (χ1n) is 3.07. The summed E-state index contributed by atoms with van der Waals surface area (Å²) in [6, 6.07) is 0. The van der Waals surface area contributed by atoms with Crippen molar-refractivity contribution in [3.8, 4) is 0 Å². The van der Waals surface area contributed by atoms with E-state index in [9.17, 15) is 9.18 Å². The van der Waals surface area contributed by atoms with E-state index in [0.717, 1.165) is 0 Å². The van der Waals surface area contributed by atoms with Gasteiger partial charge < -0.3 is 5.11 Å². The Kier molecular flexibility index (Phi) is 2.77. The molecular weight excluding hydrogens is 137 g/mol. The van der Waals surface area contributed by atoms with Crippen molar-refractivity contribution >= 4 is 5.97 Å². The van der Waals surface area contributed by atoms with E-state index in [1.807, 2.05) is 0 Å². The number of carboxylic acid groups (broad SMARTS) is 1. The van der Waals surface area contributed by atoms with Crippen LogP contribution >= 0.6 is 0 Å². The Labute approximate surface area is 59.0 Å². The number of carboxylic acids is 1. The van der Waals surface area contributed by atoms with Gasteiger partial charge in [-0.15, -0.1) is 0 Å². The SMILES string of the molecule is CC(C)C[C@@](N)(F)C(=O)O. The molecule has 0 spiro atoms. The van der Waals surface area contributed by atoms with Crippen LogP contribution < -0.4 is 5.73 Å². The second kappa shape index (κ2) is 2.96. The van der Waals surface area contributed by atoms with Crippen LogP contribution in [0.2, 0.25) is 0 Å². The van der Waals surface area contributed by atoms with Gasteiger partial charge in [0.2, 0.25) is 0 Å². The van der Waals surface area contributed by atoms with Gasteiger partial charge in [-0.2, -0.15) is 0 Å². The molecule has 60 valence electrons. The monoisotopic (exact) mass is 149 g/mol. The van der Waals surface area contributed by atoms with Gasteiger partial charge in [0.15, 0.2) is 0 Å². The van der Waals surface area contributed by atoms with E-state index in [1.54, 1.807) is 13.8 Å². The number of aliphatic carboxylic acids is 1. The zero-order valence-corrected chi connectivity index (χ0v) is 6.10. The summed E-state index contributed by atoms with van der Waals surface area (Å²) in [4.78, 5) is 10.1. The predicted molar refractivity (Wildman–Crippen MR) is 35.1 cm³/mol. The van der Waals surface area contributed by atoms with Gasteiger partial charge in [0.25, 0.3) is 5.79 Å². The molecule has 0 aliphatic carbocycles. The third-order valence-corrected chi connectivity index (χ3v) is 1.06. The molecule has 0 aliphatic heterocycles. The molecule has 1 atom stereocenters. The van der Waals surface area contributed by atoms with E-state index < -0.39 is 11.8 Å². The van der Waals surface area contributed by atoms with E-state index in [0.29, 0.717) is 0 Å². The Morgan fingerprint density at radius 1 is 1.80 bits per heavy atom. The van der Waals surface area contributed by atoms with Gasteiger partial charge in [0, 0.05) is 6.42 Å². The maximum absolute atomic E-state index is 12.6. The summed E-state index contributed by atoms with van der Waals surface area (Å²) in [5, 5.41) is 8.19. The molecule has 0 saturated carbocycles. The van der Waals surface area contributed by atoms with Crippen molar-refractivity contribution in [1.82, 2.24) is 0 Å². The molecule has 0 unspecified atom stereocenters. The second-order valence-electron chi connectivity index (χ2n) is 2.77.